The van der Waals surface area contributed by atoms with Crippen LogP contribution in [0.5, 0.6) is 0 Å². The van der Waals surface area contributed by atoms with Gasteiger partial charge in [0.2, 0.25) is 16.9 Å². The topological polar surface area (TPSA) is 74.7 Å². The minimum absolute atomic E-state index is 0.0684. The highest BCUT2D eigenvalue weighted by Crippen LogP contribution is 2.33. The Kier molecular flexibility index (Phi) is 5.10. The van der Waals surface area contributed by atoms with Crippen molar-refractivity contribution in [3.63, 3.8) is 0 Å². The molecule has 0 bridgehead atoms. The quantitative estimate of drug-likeness (QED) is 0.700. The predicted molar refractivity (Wildman–Crippen MR) is 111 cm³/mol. The summed E-state index contributed by atoms with van der Waals surface area (Å²) >= 11 is 2.65. The molecule has 1 aromatic heterocycles. The maximum absolute atomic E-state index is 13.7. The van der Waals surface area contributed by atoms with Crippen LogP contribution in [0.15, 0.2) is 53.5 Å². The first kappa shape index (κ1) is 18.6. The summed E-state index contributed by atoms with van der Waals surface area (Å²) in [6.45, 7) is 0. The molecular weight excluding hydrogens is 399 g/mol. The highest BCUT2D eigenvalue weighted by molar-refractivity contribution is 8.15. The zero-order chi connectivity index (χ0) is 19.7. The fourth-order valence-corrected chi connectivity index (χ4v) is 4.75. The van der Waals surface area contributed by atoms with E-state index in [0.29, 0.717) is 10.3 Å². The van der Waals surface area contributed by atoms with Crippen molar-refractivity contribution in [1.82, 2.24) is 9.88 Å². The lowest BCUT2D eigenvalue weighted by Gasteiger charge is -2.09. The number of para-hydroxylation sites is 2. The number of nitrogens with zero attached hydrogens (tertiary/aromatic N) is 3. The molecular formula is C19H15FN4O2S2. The highest BCUT2D eigenvalue weighted by atomic mass is 32.2. The molecule has 4 rings (SSSR count). The highest BCUT2D eigenvalue weighted by Gasteiger charge is 2.37. The van der Waals surface area contributed by atoms with Gasteiger partial charge in [0.05, 0.1) is 15.9 Å². The van der Waals surface area contributed by atoms with E-state index in [1.54, 1.807) is 19.2 Å². The Morgan fingerprint density at radius 3 is 2.79 bits per heavy atom. The van der Waals surface area contributed by atoms with Gasteiger partial charge < -0.3 is 5.32 Å². The van der Waals surface area contributed by atoms with E-state index in [0.717, 1.165) is 10.2 Å². The molecule has 0 unspecified atom stereocenters. The third kappa shape index (κ3) is 3.76. The van der Waals surface area contributed by atoms with Gasteiger partial charge in [0, 0.05) is 13.5 Å². The summed E-state index contributed by atoms with van der Waals surface area (Å²) < 4.78 is 14.7. The average molecular weight is 414 g/mol. The molecule has 6 nitrogen and oxygen atoms in total. The minimum atomic E-state index is -0.607. The van der Waals surface area contributed by atoms with Crippen LogP contribution in [0.2, 0.25) is 0 Å². The molecule has 1 aliphatic heterocycles. The maximum Gasteiger partial charge on any atom is 0.242 e. The molecule has 2 amide bonds. The first-order chi connectivity index (χ1) is 13.5. The third-order valence-electron chi connectivity index (χ3n) is 4.13. The van der Waals surface area contributed by atoms with Gasteiger partial charge in [0.15, 0.2) is 5.17 Å². The summed E-state index contributed by atoms with van der Waals surface area (Å²) in [5.41, 5.74) is 0.948. The number of carbonyl (C=O) groups excluding carboxylic acids is 2. The molecule has 3 aromatic rings. The number of nitrogens with one attached hydrogen (secondary N) is 1. The zero-order valence-electron chi connectivity index (χ0n) is 14.8. The van der Waals surface area contributed by atoms with Crippen molar-refractivity contribution in [1.29, 1.82) is 0 Å². The number of fused-ring (bicyclic) bond motifs is 1. The second kappa shape index (κ2) is 7.69. The fraction of sp³-hybridized carbons (Fsp3) is 0.158. The molecule has 1 N–H and O–H groups in total. The van der Waals surface area contributed by atoms with Crippen molar-refractivity contribution < 1.29 is 14.0 Å². The Bertz CT molecular complexity index is 1070. The van der Waals surface area contributed by atoms with Gasteiger partial charge in [-0.3, -0.25) is 14.5 Å². The Labute approximate surface area is 168 Å². The summed E-state index contributed by atoms with van der Waals surface area (Å²) in [5, 5.41) is 2.95. The average Bonchev–Trinajstić information content (AvgIpc) is 3.20. The number of carbonyl (C=O) groups is 2. The maximum atomic E-state index is 13.7. The molecule has 2 aromatic carbocycles. The molecule has 142 valence electrons. The van der Waals surface area contributed by atoms with Crippen LogP contribution in [-0.2, 0) is 9.59 Å². The van der Waals surface area contributed by atoms with Crippen LogP contribution in [0.1, 0.15) is 6.42 Å². The van der Waals surface area contributed by atoms with Crippen LogP contribution >= 0.6 is 23.1 Å². The zero-order valence-corrected chi connectivity index (χ0v) is 16.4. The number of benzene rings is 2. The summed E-state index contributed by atoms with van der Waals surface area (Å²) in [4.78, 5) is 35.1. The number of aliphatic imine (C=N–C) groups is 1. The van der Waals surface area contributed by atoms with Crippen molar-refractivity contribution in [2.45, 2.75) is 11.7 Å². The number of hydrogen-bond donors (Lipinski definition) is 1. The van der Waals surface area contributed by atoms with E-state index in [4.69, 9.17) is 0 Å². The Hall–Kier alpha value is -2.78. The number of hydrogen-bond acceptors (Lipinski definition) is 6. The van der Waals surface area contributed by atoms with Crippen molar-refractivity contribution >= 4 is 61.1 Å². The molecule has 1 saturated heterocycles. The number of aromatic nitrogens is 1. The first-order valence-corrected chi connectivity index (χ1v) is 10.1. The van der Waals surface area contributed by atoms with Crippen LogP contribution in [0.4, 0.5) is 15.2 Å². The van der Waals surface area contributed by atoms with Crippen LogP contribution < -0.4 is 5.32 Å². The van der Waals surface area contributed by atoms with Crippen molar-refractivity contribution in [2.24, 2.45) is 4.99 Å². The largest absolute Gasteiger partial charge is 0.324 e. The lowest BCUT2D eigenvalue weighted by Crippen LogP contribution is -2.30. The van der Waals surface area contributed by atoms with Gasteiger partial charge in [-0.25, -0.2) is 9.37 Å². The first-order valence-electron chi connectivity index (χ1n) is 8.44. The monoisotopic (exact) mass is 414 g/mol. The summed E-state index contributed by atoms with van der Waals surface area (Å²) in [6, 6.07) is 13.6. The molecule has 1 aliphatic rings. The van der Waals surface area contributed by atoms with E-state index in [-0.39, 0.29) is 18.0 Å². The predicted octanol–water partition coefficient (Wildman–Crippen LogP) is 4.03. The molecule has 0 radical (unpaired) electrons. The second-order valence-corrected chi connectivity index (χ2v) is 8.27. The van der Waals surface area contributed by atoms with Gasteiger partial charge in [-0.1, -0.05) is 47.4 Å². The van der Waals surface area contributed by atoms with E-state index < -0.39 is 17.0 Å². The van der Waals surface area contributed by atoms with Crippen molar-refractivity contribution in [2.75, 3.05) is 12.4 Å². The van der Waals surface area contributed by atoms with Crippen LogP contribution in [-0.4, -0.2) is 39.2 Å². The van der Waals surface area contributed by atoms with Crippen LogP contribution in [0, 0.1) is 5.82 Å². The van der Waals surface area contributed by atoms with Crippen molar-refractivity contribution in [3.8, 4) is 0 Å². The van der Waals surface area contributed by atoms with Gasteiger partial charge >= 0.3 is 0 Å². The summed E-state index contributed by atoms with van der Waals surface area (Å²) in [5.74, 6) is -1.16. The number of thiazole rings is 1. The summed E-state index contributed by atoms with van der Waals surface area (Å²) in [6.07, 6.45) is -0.0684. The van der Waals surface area contributed by atoms with Crippen LogP contribution in [0.3, 0.4) is 0 Å². The van der Waals surface area contributed by atoms with E-state index in [1.165, 1.54) is 40.1 Å². The van der Waals surface area contributed by atoms with E-state index in [2.05, 4.69) is 15.3 Å². The molecule has 28 heavy (non-hydrogen) atoms. The number of amides is 2. The number of anilines is 1. The lowest BCUT2D eigenvalue weighted by molar-refractivity contribution is -0.127. The fourth-order valence-electron chi connectivity index (χ4n) is 2.72. The molecule has 0 aliphatic carbocycles. The van der Waals surface area contributed by atoms with Gasteiger partial charge in [-0.15, -0.1) is 0 Å². The van der Waals surface area contributed by atoms with E-state index in [9.17, 15) is 14.0 Å². The number of thioether (sulfide) groups is 1. The van der Waals surface area contributed by atoms with E-state index in [1.807, 2.05) is 24.3 Å². The molecule has 1 fully saturated rings. The second-order valence-electron chi connectivity index (χ2n) is 6.09. The smallest absolute Gasteiger partial charge is 0.242 e. The summed E-state index contributed by atoms with van der Waals surface area (Å²) in [7, 11) is 1.62. The molecule has 0 saturated carbocycles. The number of halogens is 1. The molecule has 2 heterocycles. The standard InChI is InChI=1S/C19H15FN4O2S2/c1-24-17(26)15(10-16(25)21-12-7-3-2-6-11(12)20)28-19(24)23-18-22-13-8-4-5-9-14(13)27-18/h2-9,15H,10H2,1H3,(H,21,25)/t15-/m1/s1. The Morgan fingerprint density at radius 1 is 1.25 bits per heavy atom. The van der Waals surface area contributed by atoms with Gasteiger partial charge in [-0.05, 0) is 24.3 Å². The Balaban J connectivity index is 1.47. The minimum Gasteiger partial charge on any atom is -0.324 e. The molecule has 1 atom stereocenters. The molecule has 9 heteroatoms. The molecule has 0 spiro atoms. The van der Waals surface area contributed by atoms with Gasteiger partial charge in [0.25, 0.3) is 0 Å². The number of amidine groups is 1. The van der Waals surface area contributed by atoms with Gasteiger partial charge in [0.1, 0.15) is 11.1 Å². The van der Waals surface area contributed by atoms with Crippen LogP contribution in [0.25, 0.3) is 10.2 Å². The van der Waals surface area contributed by atoms with E-state index >= 15 is 0 Å². The lowest BCUT2D eigenvalue weighted by atomic mass is 10.2. The Morgan fingerprint density at radius 2 is 2.00 bits per heavy atom. The normalized spacial score (nSPS) is 18.2. The third-order valence-corrected chi connectivity index (χ3v) is 6.29. The SMILES string of the molecule is CN1C(=O)[C@@H](CC(=O)Nc2ccccc2F)SC1=Nc1nc2ccccc2s1. The van der Waals surface area contributed by atoms with Gasteiger partial charge in [-0.2, -0.15) is 4.99 Å². The number of rotatable bonds is 4. The van der Waals surface area contributed by atoms with Crippen molar-refractivity contribution in [3.05, 3.63) is 54.3 Å².